The van der Waals surface area contributed by atoms with Crippen LogP contribution in [0.15, 0.2) is 36.5 Å². The van der Waals surface area contributed by atoms with Crippen molar-refractivity contribution < 1.29 is 0 Å². The molecule has 2 atom stereocenters. The van der Waals surface area contributed by atoms with Crippen molar-refractivity contribution >= 4 is 40.3 Å². The monoisotopic (exact) mass is 323 g/mol. The van der Waals surface area contributed by atoms with E-state index in [2.05, 4.69) is 28.2 Å². The third-order valence-corrected chi connectivity index (χ3v) is 5.08. The van der Waals surface area contributed by atoms with Gasteiger partial charge in [-0.25, -0.2) is 0 Å². The molecular formula is C14H14ClN3S2. The van der Waals surface area contributed by atoms with E-state index in [0.29, 0.717) is 0 Å². The highest BCUT2D eigenvalue weighted by molar-refractivity contribution is 7.80. The average Bonchev–Trinajstić information content (AvgIpc) is 3.03. The highest BCUT2D eigenvalue weighted by Gasteiger charge is 2.39. The molecule has 1 N–H and O–H groups in total. The Labute approximate surface area is 132 Å². The Morgan fingerprint density at radius 2 is 2.25 bits per heavy atom. The van der Waals surface area contributed by atoms with E-state index < -0.39 is 0 Å². The summed E-state index contributed by atoms with van der Waals surface area (Å²) in [6, 6.07) is 10.2. The first-order valence-corrected chi connectivity index (χ1v) is 8.04. The summed E-state index contributed by atoms with van der Waals surface area (Å²) in [6.07, 6.45) is 1.81. The van der Waals surface area contributed by atoms with E-state index in [1.54, 1.807) is 11.3 Å². The topological polar surface area (TPSA) is 28.2 Å². The quantitative estimate of drug-likeness (QED) is 0.870. The maximum atomic E-state index is 6.09. The number of rotatable bonds is 3. The number of hydrogen-bond donors (Lipinski definition) is 1. The Bertz CT molecular complexity index is 614. The number of hydrogen-bond acceptors (Lipinski definition) is 3. The molecule has 2 aromatic rings. The van der Waals surface area contributed by atoms with Crippen LogP contribution in [0.5, 0.6) is 0 Å². The van der Waals surface area contributed by atoms with Gasteiger partial charge in [0.25, 0.3) is 0 Å². The number of aromatic nitrogens is 1. The second-order valence-corrected chi connectivity index (χ2v) is 6.69. The van der Waals surface area contributed by atoms with Crippen LogP contribution in [-0.4, -0.2) is 21.5 Å². The zero-order valence-electron chi connectivity index (χ0n) is 10.9. The molecule has 0 radical (unpaired) electrons. The summed E-state index contributed by atoms with van der Waals surface area (Å²) in [6.45, 7) is 2.96. The predicted octanol–water partition coefficient (Wildman–Crippen LogP) is 3.79. The smallest absolute Gasteiger partial charge is 0.170 e. The van der Waals surface area contributed by atoms with Crippen LogP contribution < -0.4 is 5.32 Å². The summed E-state index contributed by atoms with van der Waals surface area (Å²) in [4.78, 5) is 7.87. The van der Waals surface area contributed by atoms with Crippen LogP contribution in [0.3, 0.4) is 0 Å². The van der Waals surface area contributed by atoms with Gasteiger partial charge in [0, 0.05) is 17.6 Å². The maximum absolute atomic E-state index is 6.09. The van der Waals surface area contributed by atoms with Gasteiger partial charge in [0.05, 0.1) is 22.1 Å². The molecule has 3 heterocycles. The lowest BCUT2D eigenvalue weighted by Gasteiger charge is -2.25. The van der Waals surface area contributed by atoms with Crippen molar-refractivity contribution in [2.75, 3.05) is 6.54 Å². The zero-order chi connectivity index (χ0) is 14.1. The second kappa shape index (κ2) is 5.68. The largest absolute Gasteiger partial charge is 0.352 e. The Balaban J connectivity index is 2.02. The third kappa shape index (κ3) is 2.41. The molecule has 3 rings (SSSR count). The Hall–Kier alpha value is -1.17. The lowest BCUT2D eigenvalue weighted by molar-refractivity contribution is 0.335. The Morgan fingerprint density at radius 3 is 2.85 bits per heavy atom. The lowest BCUT2D eigenvalue weighted by Crippen LogP contribution is -2.28. The normalized spacial score (nSPS) is 22.1. The number of pyridine rings is 1. The molecule has 0 unspecified atom stereocenters. The molecule has 0 aliphatic carbocycles. The van der Waals surface area contributed by atoms with Gasteiger partial charge in [0.2, 0.25) is 0 Å². The SMILES string of the molecule is CCN1C(=S)N[C@@H](c2ccccn2)[C@H]1c1ccc(Cl)s1. The molecule has 104 valence electrons. The van der Waals surface area contributed by atoms with Crippen LogP contribution >= 0.6 is 35.2 Å². The summed E-state index contributed by atoms with van der Waals surface area (Å²) in [7, 11) is 0. The minimum atomic E-state index is 0.0679. The van der Waals surface area contributed by atoms with Crippen molar-refractivity contribution in [3.05, 3.63) is 51.4 Å². The third-order valence-electron chi connectivity index (χ3n) is 3.42. The fourth-order valence-electron chi connectivity index (χ4n) is 2.54. The highest BCUT2D eigenvalue weighted by Crippen LogP contribution is 2.41. The second-order valence-electron chi connectivity index (χ2n) is 4.55. The molecule has 0 bridgehead atoms. The van der Waals surface area contributed by atoms with Gasteiger partial charge in [-0.05, 0) is 43.4 Å². The molecule has 0 spiro atoms. The standard InChI is InChI=1S/C14H14ClN3S2/c1-2-18-13(10-6-7-11(15)20-10)12(17-14(18)19)9-5-3-4-8-16-9/h3-8,12-13H,2H2,1H3,(H,17,19)/t12-,13+/m0/s1. The van der Waals surface area contributed by atoms with Crippen molar-refractivity contribution in [1.82, 2.24) is 15.2 Å². The molecule has 0 amide bonds. The van der Waals surface area contributed by atoms with Crippen LogP contribution in [0, 0.1) is 0 Å². The van der Waals surface area contributed by atoms with Crippen LogP contribution in [0.4, 0.5) is 0 Å². The van der Waals surface area contributed by atoms with E-state index >= 15 is 0 Å². The number of thiocarbonyl (C=S) groups is 1. The fourth-order valence-corrected chi connectivity index (χ4v) is 4.12. The molecule has 1 fully saturated rings. The molecule has 20 heavy (non-hydrogen) atoms. The van der Waals surface area contributed by atoms with Crippen molar-refractivity contribution in [3.63, 3.8) is 0 Å². The van der Waals surface area contributed by atoms with Crippen molar-refractivity contribution in [2.24, 2.45) is 0 Å². The van der Waals surface area contributed by atoms with E-state index in [1.807, 2.05) is 30.5 Å². The van der Waals surface area contributed by atoms with Gasteiger partial charge in [0.15, 0.2) is 5.11 Å². The van der Waals surface area contributed by atoms with Gasteiger partial charge in [-0.15, -0.1) is 11.3 Å². The van der Waals surface area contributed by atoms with Gasteiger partial charge in [-0.2, -0.15) is 0 Å². The lowest BCUT2D eigenvalue weighted by atomic mass is 10.0. The first kappa shape index (κ1) is 13.8. The minimum absolute atomic E-state index is 0.0679. The summed E-state index contributed by atoms with van der Waals surface area (Å²) < 4.78 is 0.800. The summed E-state index contributed by atoms with van der Waals surface area (Å²) in [5.74, 6) is 0. The van der Waals surface area contributed by atoms with E-state index in [0.717, 1.165) is 21.7 Å². The van der Waals surface area contributed by atoms with Gasteiger partial charge in [-0.3, -0.25) is 4.98 Å². The first-order valence-electron chi connectivity index (χ1n) is 6.44. The van der Waals surface area contributed by atoms with Crippen molar-refractivity contribution in [1.29, 1.82) is 0 Å². The number of halogens is 1. The summed E-state index contributed by atoms with van der Waals surface area (Å²) in [5.41, 5.74) is 1.00. The van der Waals surface area contributed by atoms with Crippen LogP contribution in [0.25, 0.3) is 0 Å². The van der Waals surface area contributed by atoms with E-state index in [4.69, 9.17) is 23.8 Å². The summed E-state index contributed by atoms with van der Waals surface area (Å²) >= 11 is 13.2. The van der Waals surface area contributed by atoms with E-state index in [-0.39, 0.29) is 12.1 Å². The first-order chi connectivity index (χ1) is 9.70. The minimum Gasteiger partial charge on any atom is -0.352 e. The molecule has 3 nitrogen and oxygen atoms in total. The Morgan fingerprint density at radius 1 is 1.40 bits per heavy atom. The van der Waals surface area contributed by atoms with Crippen LogP contribution in [0.1, 0.15) is 29.6 Å². The average molecular weight is 324 g/mol. The molecular weight excluding hydrogens is 310 g/mol. The van der Waals surface area contributed by atoms with Crippen LogP contribution in [-0.2, 0) is 0 Å². The molecule has 2 aromatic heterocycles. The van der Waals surface area contributed by atoms with Gasteiger partial charge in [-0.1, -0.05) is 17.7 Å². The molecule has 6 heteroatoms. The van der Waals surface area contributed by atoms with Crippen molar-refractivity contribution in [2.45, 2.75) is 19.0 Å². The zero-order valence-corrected chi connectivity index (χ0v) is 13.3. The Kier molecular flexibility index (Phi) is 3.92. The van der Waals surface area contributed by atoms with E-state index in [1.165, 1.54) is 4.88 Å². The van der Waals surface area contributed by atoms with Gasteiger partial charge in [0.1, 0.15) is 0 Å². The fraction of sp³-hybridized carbons (Fsp3) is 0.286. The molecule has 1 aliphatic rings. The molecule has 1 saturated heterocycles. The summed E-state index contributed by atoms with van der Waals surface area (Å²) in [5, 5.41) is 4.16. The molecule has 1 aliphatic heterocycles. The molecule has 0 saturated carbocycles. The van der Waals surface area contributed by atoms with Crippen molar-refractivity contribution in [3.8, 4) is 0 Å². The molecule has 0 aromatic carbocycles. The highest BCUT2D eigenvalue weighted by atomic mass is 35.5. The van der Waals surface area contributed by atoms with E-state index in [9.17, 15) is 0 Å². The predicted molar refractivity (Wildman–Crippen MR) is 87.2 cm³/mol. The number of likely N-dealkylation sites (N-methyl/N-ethyl adjacent to an activating group) is 1. The number of nitrogens with one attached hydrogen (secondary N) is 1. The van der Waals surface area contributed by atoms with Gasteiger partial charge < -0.3 is 10.2 Å². The number of nitrogens with zero attached hydrogens (tertiary/aromatic N) is 2. The van der Waals surface area contributed by atoms with Gasteiger partial charge >= 0.3 is 0 Å². The maximum Gasteiger partial charge on any atom is 0.170 e. The van der Waals surface area contributed by atoms with Crippen LogP contribution in [0.2, 0.25) is 4.34 Å². The number of thiophene rings is 1.